The van der Waals surface area contributed by atoms with Crippen LogP contribution in [0.2, 0.25) is 0 Å². The third kappa shape index (κ3) is 3.22. The number of aryl methyl sites for hydroxylation is 1. The maximum atomic E-state index is 12.9. The molecule has 1 aromatic heterocycles. The smallest absolute Gasteiger partial charge is 0.548 e. The van der Waals surface area contributed by atoms with Crippen molar-refractivity contribution in [3.8, 4) is 11.3 Å². The molecule has 2 fully saturated rings. The Morgan fingerprint density at radius 3 is 2.42 bits per heavy atom. The van der Waals surface area contributed by atoms with Crippen LogP contribution in [-0.2, 0) is 19.4 Å². The summed E-state index contributed by atoms with van der Waals surface area (Å²) in [6, 6.07) is 5.69. The van der Waals surface area contributed by atoms with Crippen LogP contribution in [0.15, 0.2) is 34.9 Å². The fourth-order valence-corrected chi connectivity index (χ4v) is 6.28. The van der Waals surface area contributed by atoms with Gasteiger partial charge in [0, 0.05) is 5.56 Å². The number of nitrogens with zero attached hydrogens (tertiary/aromatic N) is 2. The Morgan fingerprint density at radius 2 is 1.84 bits per heavy atom. The minimum absolute atomic E-state index is 0. The van der Waals surface area contributed by atoms with E-state index in [9.17, 15) is 27.9 Å². The number of carbonyl (C=O) groups is 3. The number of β-lactam (4-membered cyclic amide) rings is 1. The number of nitrogens with one attached hydrogen (secondary N) is 1. The topological polar surface area (TPSA) is 150 Å². The van der Waals surface area contributed by atoms with Gasteiger partial charge in [-0.25, -0.2) is 8.42 Å². The van der Waals surface area contributed by atoms with Crippen molar-refractivity contribution in [3.05, 3.63) is 41.7 Å². The molecule has 0 bridgehead atoms. The fraction of sp³-hybridized carbons (Fsp3) is 0.368. The molecule has 2 aliphatic heterocycles. The standard InChI is InChI=1S/C19H19N3O7S.Na/c1-9-11(12(21-29-9)10-7-5-4-6-8-10)15(23)20-13-16(24)22-14(18(25)26)19(2,3)30(27,28)17(13)22;/h4-8,13-14,17H,1-3H3,(H,20,23)(H,25,26);/q;+1/p-1/t13-,14+,17-;/m1./s1. The second-order valence-corrected chi connectivity index (χ2v) is 10.4. The molecule has 3 atom stereocenters. The van der Waals surface area contributed by atoms with Crippen LogP contribution in [0.4, 0.5) is 0 Å². The van der Waals surface area contributed by atoms with Crippen LogP contribution in [-0.4, -0.2) is 58.5 Å². The van der Waals surface area contributed by atoms with E-state index in [1.54, 1.807) is 30.3 Å². The van der Waals surface area contributed by atoms with Crippen LogP contribution >= 0.6 is 0 Å². The largest absolute Gasteiger partial charge is 1.00 e. The molecule has 0 aliphatic carbocycles. The number of carboxylic acids is 1. The Hall–Kier alpha value is -2.21. The molecule has 1 N–H and O–H groups in total. The molecule has 1 aromatic carbocycles. The molecule has 2 aliphatic rings. The summed E-state index contributed by atoms with van der Waals surface area (Å²) in [6.45, 7) is 3.97. The van der Waals surface area contributed by atoms with Crippen molar-refractivity contribution >= 4 is 27.6 Å². The summed E-state index contributed by atoms with van der Waals surface area (Å²) in [7, 11) is -4.10. The first-order valence-corrected chi connectivity index (χ1v) is 10.6. The average Bonchev–Trinajstić information content (AvgIpc) is 3.13. The van der Waals surface area contributed by atoms with Crippen LogP contribution < -0.4 is 40.0 Å². The first kappa shape index (κ1) is 23.5. The maximum absolute atomic E-state index is 12.9. The number of rotatable bonds is 4. The molecule has 0 spiro atoms. The van der Waals surface area contributed by atoms with Gasteiger partial charge >= 0.3 is 29.6 Å². The number of sulfone groups is 1. The van der Waals surface area contributed by atoms with Crippen molar-refractivity contribution < 1.29 is 62.0 Å². The van der Waals surface area contributed by atoms with Crippen LogP contribution in [0.25, 0.3) is 11.3 Å². The summed E-state index contributed by atoms with van der Waals surface area (Å²) in [5.74, 6) is -3.01. The third-order valence-corrected chi connectivity index (χ3v) is 8.54. The molecule has 2 saturated heterocycles. The molecule has 158 valence electrons. The van der Waals surface area contributed by atoms with E-state index in [0.717, 1.165) is 4.90 Å². The van der Waals surface area contributed by atoms with E-state index in [1.807, 2.05) is 0 Å². The van der Waals surface area contributed by atoms with Gasteiger partial charge in [0.2, 0.25) is 5.91 Å². The number of fused-ring (bicyclic) bond motifs is 1. The van der Waals surface area contributed by atoms with Crippen molar-refractivity contribution in [2.75, 3.05) is 0 Å². The normalized spacial score (nSPS) is 25.2. The molecule has 31 heavy (non-hydrogen) atoms. The molecule has 0 radical (unpaired) electrons. The van der Waals surface area contributed by atoms with Crippen LogP contribution in [0.1, 0.15) is 30.0 Å². The first-order valence-electron chi connectivity index (χ1n) is 9.09. The van der Waals surface area contributed by atoms with Gasteiger partial charge in [-0.3, -0.25) is 9.59 Å². The van der Waals surface area contributed by atoms with Gasteiger partial charge in [-0.05, 0) is 20.8 Å². The SMILES string of the molecule is Cc1onc(-c2ccccc2)c1C(=O)N[C@@H]1C(=O)N2[C@@H](C(=O)[O-])C(C)(C)S(=O)(=O)[C@H]12.[Na+]. The maximum Gasteiger partial charge on any atom is 1.00 e. The Morgan fingerprint density at radius 1 is 1.23 bits per heavy atom. The van der Waals surface area contributed by atoms with Gasteiger partial charge in [-0.2, -0.15) is 0 Å². The molecule has 2 aromatic rings. The van der Waals surface area contributed by atoms with Crippen LogP contribution in [0.5, 0.6) is 0 Å². The van der Waals surface area contributed by atoms with E-state index in [2.05, 4.69) is 10.5 Å². The second kappa shape index (κ2) is 7.73. The van der Waals surface area contributed by atoms with Gasteiger partial charge < -0.3 is 24.6 Å². The summed E-state index contributed by atoms with van der Waals surface area (Å²) < 4.78 is 29.2. The number of amides is 2. The number of hydrogen-bond acceptors (Lipinski definition) is 8. The predicted molar refractivity (Wildman–Crippen MR) is 100 cm³/mol. The van der Waals surface area contributed by atoms with Gasteiger partial charge in [0.25, 0.3) is 5.91 Å². The minimum atomic E-state index is -4.10. The number of aromatic nitrogens is 1. The Bertz CT molecular complexity index is 1180. The van der Waals surface area contributed by atoms with Gasteiger partial charge in [0.15, 0.2) is 15.2 Å². The number of carbonyl (C=O) groups excluding carboxylic acids is 3. The van der Waals surface area contributed by atoms with E-state index in [4.69, 9.17) is 4.52 Å². The Labute approximate surface area is 200 Å². The summed E-state index contributed by atoms with van der Waals surface area (Å²) in [4.78, 5) is 37.8. The Kier molecular flexibility index (Phi) is 5.85. The number of hydrogen-bond donors (Lipinski definition) is 1. The summed E-state index contributed by atoms with van der Waals surface area (Å²) in [5.41, 5.74) is 0.919. The van der Waals surface area contributed by atoms with E-state index in [0.29, 0.717) is 5.56 Å². The third-order valence-electron chi connectivity index (χ3n) is 5.71. The van der Waals surface area contributed by atoms with Crippen molar-refractivity contribution in [2.24, 2.45) is 0 Å². The summed E-state index contributed by atoms with van der Waals surface area (Å²) >= 11 is 0. The monoisotopic (exact) mass is 455 g/mol. The van der Waals surface area contributed by atoms with Crippen molar-refractivity contribution in [1.29, 1.82) is 0 Å². The predicted octanol–water partition coefficient (Wildman–Crippen LogP) is -3.75. The van der Waals surface area contributed by atoms with E-state index in [1.165, 1.54) is 20.8 Å². The zero-order valence-corrected chi connectivity index (χ0v) is 20.1. The number of aliphatic carboxylic acids is 1. The molecule has 0 saturated carbocycles. The molecule has 0 unspecified atom stereocenters. The van der Waals surface area contributed by atoms with Crippen LogP contribution in [0, 0.1) is 6.92 Å². The van der Waals surface area contributed by atoms with Crippen LogP contribution in [0.3, 0.4) is 0 Å². The molecule has 4 rings (SSSR count). The molecule has 2 amide bonds. The zero-order chi connectivity index (χ0) is 22.0. The number of carboxylic acid groups (broad SMARTS) is 1. The fourth-order valence-electron chi connectivity index (χ4n) is 4.07. The van der Waals surface area contributed by atoms with Gasteiger partial charge in [-0.1, -0.05) is 35.5 Å². The van der Waals surface area contributed by atoms with E-state index in [-0.39, 0.29) is 46.6 Å². The summed E-state index contributed by atoms with van der Waals surface area (Å²) in [5, 5.41) is 16.4. The van der Waals surface area contributed by atoms with Gasteiger partial charge in [0.05, 0.1) is 16.8 Å². The quantitative estimate of drug-likeness (QED) is 0.365. The number of benzene rings is 1. The van der Waals surface area contributed by atoms with Gasteiger partial charge in [0.1, 0.15) is 23.1 Å². The average molecular weight is 455 g/mol. The minimum Gasteiger partial charge on any atom is -0.548 e. The second-order valence-electron chi connectivity index (χ2n) is 7.79. The molecule has 10 nitrogen and oxygen atoms in total. The zero-order valence-electron chi connectivity index (χ0n) is 17.3. The molecular weight excluding hydrogens is 437 g/mol. The van der Waals surface area contributed by atoms with Crippen molar-refractivity contribution in [3.63, 3.8) is 0 Å². The summed E-state index contributed by atoms with van der Waals surface area (Å²) in [6.07, 6.45) is 0. The van der Waals surface area contributed by atoms with E-state index >= 15 is 0 Å². The molecule has 12 heteroatoms. The first-order chi connectivity index (χ1) is 14.0. The molecule has 3 heterocycles. The molecular formula is C19H18N3NaO7S. The van der Waals surface area contributed by atoms with Crippen molar-refractivity contribution in [1.82, 2.24) is 15.4 Å². The van der Waals surface area contributed by atoms with Crippen molar-refractivity contribution in [2.45, 2.75) is 43.0 Å². The van der Waals surface area contributed by atoms with Gasteiger partial charge in [-0.15, -0.1) is 0 Å². The Balaban J connectivity index is 0.00000272. The van der Waals surface area contributed by atoms with E-state index < -0.39 is 49.8 Å².